The minimum Gasteiger partial charge on any atom is -0.457 e. The molecule has 1 aliphatic carbocycles. The molecule has 110 valence electrons. The van der Waals surface area contributed by atoms with Gasteiger partial charge in [0.05, 0.1) is 0 Å². The summed E-state index contributed by atoms with van der Waals surface area (Å²) in [7, 11) is 0. The molecule has 0 aromatic heterocycles. The van der Waals surface area contributed by atoms with Gasteiger partial charge in [0.15, 0.2) is 6.61 Å². The lowest BCUT2D eigenvalue weighted by Gasteiger charge is -2.35. The van der Waals surface area contributed by atoms with Crippen LogP contribution in [0.4, 0.5) is 8.78 Å². The quantitative estimate of drug-likeness (QED) is 0.726. The second-order valence-electron chi connectivity index (χ2n) is 5.04. The summed E-state index contributed by atoms with van der Waals surface area (Å²) in [4.78, 5) is 22.4. The molecule has 0 amide bonds. The van der Waals surface area contributed by atoms with Gasteiger partial charge in [-0.15, -0.1) is 0 Å². The first kappa shape index (κ1) is 15.9. The zero-order valence-corrected chi connectivity index (χ0v) is 11.3. The molecule has 1 fully saturated rings. The van der Waals surface area contributed by atoms with Crippen molar-refractivity contribution in [2.24, 2.45) is 0 Å². The molecule has 6 heteroatoms. The van der Waals surface area contributed by atoms with Crippen LogP contribution in [0.15, 0.2) is 0 Å². The number of carbonyl (C=O) groups is 2. The number of esters is 2. The van der Waals surface area contributed by atoms with Crippen molar-refractivity contribution in [3.05, 3.63) is 0 Å². The Morgan fingerprint density at radius 1 is 1.21 bits per heavy atom. The van der Waals surface area contributed by atoms with Crippen LogP contribution < -0.4 is 0 Å². The van der Waals surface area contributed by atoms with Gasteiger partial charge >= 0.3 is 17.9 Å². The highest BCUT2D eigenvalue weighted by Gasteiger charge is 2.37. The average molecular weight is 278 g/mol. The number of carbonyl (C=O) groups excluding carboxylic acids is 2. The summed E-state index contributed by atoms with van der Waals surface area (Å²) in [6.45, 7) is 1.59. The third-order valence-electron chi connectivity index (χ3n) is 3.42. The van der Waals surface area contributed by atoms with E-state index in [0.717, 1.165) is 32.1 Å². The summed E-state index contributed by atoms with van der Waals surface area (Å²) in [5.74, 6) is -6.06. The molecular weight excluding hydrogens is 258 g/mol. The van der Waals surface area contributed by atoms with Gasteiger partial charge in [0.2, 0.25) is 0 Å². The summed E-state index contributed by atoms with van der Waals surface area (Å²) < 4.78 is 34.6. The average Bonchev–Trinajstić information content (AvgIpc) is 2.36. The molecule has 0 saturated heterocycles. The largest absolute Gasteiger partial charge is 0.457 e. The first-order chi connectivity index (χ1) is 8.79. The number of ether oxygens (including phenoxy) is 2. The zero-order chi connectivity index (χ0) is 14.5. The molecule has 0 atom stereocenters. The summed E-state index contributed by atoms with van der Waals surface area (Å²) in [5.41, 5.74) is -0.517. The molecule has 1 saturated carbocycles. The first-order valence-electron chi connectivity index (χ1n) is 6.56. The monoisotopic (exact) mass is 278 g/mol. The molecule has 0 aliphatic heterocycles. The Kier molecular flexibility index (Phi) is 5.26. The van der Waals surface area contributed by atoms with Gasteiger partial charge in [0.1, 0.15) is 5.60 Å². The second-order valence-corrected chi connectivity index (χ2v) is 5.04. The van der Waals surface area contributed by atoms with Crippen molar-refractivity contribution in [3.8, 4) is 0 Å². The molecule has 4 nitrogen and oxygen atoms in total. The highest BCUT2D eigenvalue weighted by Crippen LogP contribution is 2.34. The first-order valence-corrected chi connectivity index (χ1v) is 6.56. The maximum Gasteiger partial charge on any atom is 0.377 e. The molecule has 1 aliphatic rings. The fraction of sp³-hybridized carbons (Fsp3) is 0.846. The minimum atomic E-state index is -3.59. The third kappa shape index (κ3) is 4.76. The Morgan fingerprint density at radius 2 is 1.79 bits per heavy atom. The molecule has 19 heavy (non-hydrogen) atoms. The molecule has 0 bridgehead atoms. The van der Waals surface area contributed by atoms with Crippen LogP contribution >= 0.6 is 0 Å². The Labute approximate surface area is 111 Å². The highest BCUT2D eigenvalue weighted by atomic mass is 19.3. The molecule has 0 radical (unpaired) electrons. The lowest BCUT2D eigenvalue weighted by Crippen LogP contribution is -2.38. The van der Waals surface area contributed by atoms with E-state index in [2.05, 4.69) is 4.74 Å². The van der Waals surface area contributed by atoms with E-state index in [4.69, 9.17) is 4.74 Å². The van der Waals surface area contributed by atoms with Crippen molar-refractivity contribution in [1.82, 2.24) is 0 Å². The lowest BCUT2D eigenvalue weighted by molar-refractivity contribution is -0.182. The van der Waals surface area contributed by atoms with Crippen LogP contribution in [0.25, 0.3) is 0 Å². The van der Waals surface area contributed by atoms with E-state index in [-0.39, 0.29) is 0 Å². The van der Waals surface area contributed by atoms with E-state index < -0.39 is 30.1 Å². The SMILES string of the molecule is CCC1(OC(=O)COC(=O)C(C)(F)F)CCCCC1. The molecule has 0 spiro atoms. The Balaban J connectivity index is 2.44. The van der Waals surface area contributed by atoms with E-state index >= 15 is 0 Å². The van der Waals surface area contributed by atoms with Crippen LogP contribution in [-0.4, -0.2) is 30.1 Å². The predicted octanol–water partition coefficient (Wildman–Crippen LogP) is 2.84. The van der Waals surface area contributed by atoms with Crippen molar-refractivity contribution >= 4 is 11.9 Å². The topological polar surface area (TPSA) is 52.6 Å². The van der Waals surface area contributed by atoms with E-state index in [9.17, 15) is 18.4 Å². The summed E-state index contributed by atoms with van der Waals surface area (Å²) in [5, 5.41) is 0. The second kappa shape index (κ2) is 6.30. The number of hydrogen-bond donors (Lipinski definition) is 0. The summed E-state index contributed by atoms with van der Waals surface area (Å²) in [6.07, 6.45) is 5.29. The van der Waals surface area contributed by atoms with Crippen molar-refractivity contribution in [2.45, 2.75) is 63.9 Å². The van der Waals surface area contributed by atoms with Crippen molar-refractivity contribution in [3.63, 3.8) is 0 Å². The van der Waals surface area contributed by atoms with Gasteiger partial charge in [-0.3, -0.25) is 0 Å². The number of halogens is 2. The predicted molar refractivity (Wildman–Crippen MR) is 63.8 cm³/mol. The Morgan fingerprint density at radius 3 is 2.26 bits per heavy atom. The van der Waals surface area contributed by atoms with E-state index in [0.29, 0.717) is 13.3 Å². The molecule has 0 aromatic carbocycles. The van der Waals surface area contributed by atoms with Crippen molar-refractivity contribution < 1.29 is 27.8 Å². The zero-order valence-electron chi connectivity index (χ0n) is 11.3. The van der Waals surface area contributed by atoms with Crippen LogP contribution in [0.5, 0.6) is 0 Å². The van der Waals surface area contributed by atoms with Crippen LogP contribution in [0.1, 0.15) is 52.4 Å². The fourth-order valence-corrected chi connectivity index (χ4v) is 2.25. The molecule has 0 unspecified atom stereocenters. The van der Waals surface area contributed by atoms with E-state index in [1.165, 1.54) is 0 Å². The maximum absolute atomic E-state index is 12.5. The van der Waals surface area contributed by atoms with Gasteiger partial charge in [-0.05, 0) is 32.1 Å². The van der Waals surface area contributed by atoms with Gasteiger partial charge in [0.25, 0.3) is 0 Å². The Hall–Kier alpha value is -1.20. The number of rotatable bonds is 5. The van der Waals surface area contributed by atoms with E-state index in [1.54, 1.807) is 0 Å². The maximum atomic E-state index is 12.5. The van der Waals surface area contributed by atoms with Crippen LogP contribution in [0.3, 0.4) is 0 Å². The number of hydrogen-bond acceptors (Lipinski definition) is 4. The highest BCUT2D eigenvalue weighted by molar-refractivity contribution is 5.80. The normalized spacial score (nSPS) is 18.7. The molecule has 0 heterocycles. The molecule has 0 N–H and O–H groups in total. The van der Waals surface area contributed by atoms with Gasteiger partial charge < -0.3 is 9.47 Å². The van der Waals surface area contributed by atoms with Gasteiger partial charge in [-0.1, -0.05) is 13.3 Å². The standard InChI is InChI=1S/C13H20F2O4/c1-3-13(7-5-4-6-8-13)19-10(16)9-18-11(17)12(2,14)15/h3-9H2,1-2H3. The lowest BCUT2D eigenvalue weighted by atomic mass is 9.83. The van der Waals surface area contributed by atoms with Crippen LogP contribution in [0.2, 0.25) is 0 Å². The van der Waals surface area contributed by atoms with Crippen LogP contribution in [-0.2, 0) is 19.1 Å². The van der Waals surface area contributed by atoms with Gasteiger partial charge in [-0.2, -0.15) is 8.78 Å². The van der Waals surface area contributed by atoms with E-state index in [1.807, 2.05) is 6.92 Å². The third-order valence-corrected chi connectivity index (χ3v) is 3.42. The van der Waals surface area contributed by atoms with Gasteiger partial charge in [0, 0.05) is 6.92 Å². The smallest absolute Gasteiger partial charge is 0.377 e. The van der Waals surface area contributed by atoms with Crippen LogP contribution in [0, 0.1) is 0 Å². The van der Waals surface area contributed by atoms with Crippen molar-refractivity contribution in [2.75, 3.05) is 6.61 Å². The number of alkyl halides is 2. The summed E-state index contributed by atoms with van der Waals surface area (Å²) in [6, 6.07) is 0. The summed E-state index contributed by atoms with van der Waals surface area (Å²) >= 11 is 0. The molecular formula is C13H20F2O4. The fourth-order valence-electron chi connectivity index (χ4n) is 2.25. The molecule has 1 rings (SSSR count). The Bertz CT molecular complexity index is 330. The van der Waals surface area contributed by atoms with Gasteiger partial charge in [-0.25, -0.2) is 9.59 Å². The molecule has 0 aromatic rings. The minimum absolute atomic E-state index is 0.426. The van der Waals surface area contributed by atoms with Crippen molar-refractivity contribution in [1.29, 1.82) is 0 Å².